The minimum Gasteiger partial charge on any atom is -0.371 e. The van der Waals surface area contributed by atoms with Gasteiger partial charge in [-0.3, -0.25) is 0 Å². The molecule has 0 saturated carbocycles. The number of rotatable bonds is 2. The summed E-state index contributed by atoms with van der Waals surface area (Å²) in [7, 11) is 0. The zero-order valence-electron chi connectivity index (χ0n) is 9.53. The molecule has 1 unspecified atom stereocenters. The fourth-order valence-corrected chi connectivity index (χ4v) is 2.52. The van der Waals surface area contributed by atoms with Crippen molar-refractivity contribution in [2.75, 3.05) is 24.5 Å². The van der Waals surface area contributed by atoms with Crippen LogP contribution in [0.15, 0.2) is 24.3 Å². The summed E-state index contributed by atoms with van der Waals surface area (Å²) >= 11 is 6.01. The molecular formula is C13H19ClN2. The SMILES string of the molecule is NCC1CCCN(c2cccc(Cl)c2)CC1. The van der Waals surface area contributed by atoms with E-state index in [9.17, 15) is 0 Å². The van der Waals surface area contributed by atoms with Crippen LogP contribution in [0.2, 0.25) is 5.02 Å². The van der Waals surface area contributed by atoms with Crippen molar-refractivity contribution >= 4 is 17.3 Å². The predicted molar refractivity (Wildman–Crippen MR) is 70.1 cm³/mol. The lowest BCUT2D eigenvalue weighted by Crippen LogP contribution is -2.24. The van der Waals surface area contributed by atoms with Crippen molar-refractivity contribution in [1.29, 1.82) is 0 Å². The van der Waals surface area contributed by atoms with E-state index in [2.05, 4.69) is 11.0 Å². The van der Waals surface area contributed by atoms with Crippen LogP contribution < -0.4 is 10.6 Å². The van der Waals surface area contributed by atoms with E-state index in [4.69, 9.17) is 17.3 Å². The van der Waals surface area contributed by atoms with E-state index < -0.39 is 0 Å². The van der Waals surface area contributed by atoms with E-state index in [1.165, 1.54) is 24.9 Å². The first-order valence-corrected chi connectivity index (χ1v) is 6.38. The Morgan fingerprint density at radius 3 is 2.94 bits per heavy atom. The molecule has 88 valence electrons. The van der Waals surface area contributed by atoms with E-state index in [0.717, 1.165) is 24.7 Å². The maximum Gasteiger partial charge on any atom is 0.0426 e. The van der Waals surface area contributed by atoms with Gasteiger partial charge in [0.15, 0.2) is 0 Å². The van der Waals surface area contributed by atoms with Crippen LogP contribution in [0.25, 0.3) is 0 Å². The van der Waals surface area contributed by atoms with Crippen molar-refractivity contribution in [3.63, 3.8) is 0 Å². The Balaban J connectivity index is 2.04. The summed E-state index contributed by atoms with van der Waals surface area (Å²) in [6, 6.07) is 8.12. The molecule has 3 heteroatoms. The average molecular weight is 239 g/mol. The number of hydrogen-bond donors (Lipinski definition) is 1. The molecule has 1 aliphatic heterocycles. The normalized spacial score (nSPS) is 21.9. The Labute approximate surface area is 102 Å². The summed E-state index contributed by atoms with van der Waals surface area (Å²) in [5.74, 6) is 0.698. The van der Waals surface area contributed by atoms with Crippen molar-refractivity contribution in [1.82, 2.24) is 0 Å². The van der Waals surface area contributed by atoms with E-state index >= 15 is 0 Å². The van der Waals surface area contributed by atoms with E-state index in [1.54, 1.807) is 0 Å². The van der Waals surface area contributed by atoms with E-state index in [1.807, 2.05) is 18.2 Å². The molecule has 1 heterocycles. The van der Waals surface area contributed by atoms with Gasteiger partial charge in [0.25, 0.3) is 0 Å². The maximum absolute atomic E-state index is 6.01. The van der Waals surface area contributed by atoms with Gasteiger partial charge < -0.3 is 10.6 Å². The van der Waals surface area contributed by atoms with Gasteiger partial charge in [-0.25, -0.2) is 0 Å². The molecular weight excluding hydrogens is 220 g/mol. The lowest BCUT2D eigenvalue weighted by atomic mass is 10.0. The van der Waals surface area contributed by atoms with E-state index in [-0.39, 0.29) is 0 Å². The lowest BCUT2D eigenvalue weighted by Gasteiger charge is -2.23. The molecule has 1 saturated heterocycles. The van der Waals surface area contributed by atoms with E-state index in [0.29, 0.717) is 5.92 Å². The van der Waals surface area contributed by atoms with Crippen LogP contribution in [0.1, 0.15) is 19.3 Å². The molecule has 2 N–H and O–H groups in total. The molecule has 2 rings (SSSR count). The second kappa shape index (κ2) is 5.55. The van der Waals surface area contributed by atoms with Crippen molar-refractivity contribution in [2.24, 2.45) is 11.7 Å². The average Bonchev–Trinajstić information content (AvgIpc) is 2.54. The molecule has 0 aliphatic carbocycles. The molecule has 1 aromatic rings. The molecule has 1 aromatic carbocycles. The Kier molecular flexibility index (Phi) is 4.08. The molecule has 1 fully saturated rings. The largest absolute Gasteiger partial charge is 0.371 e. The van der Waals surface area contributed by atoms with Crippen LogP contribution in [0.4, 0.5) is 5.69 Å². The van der Waals surface area contributed by atoms with Gasteiger partial charge in [-0.05, 0) is 49.9 Å². The number of nitrogens with two attached hydrogens (primary N) is 1. The summed E-state index contributed by atoms with van der Waals surface area (Å²) in [6.07, 6.45) is 3.69. The van der Waals surface area contributed by atoms with Crippen LogP contribution in [0.5, 0.6) is 0 Å². The lowest BCUT2D eigenvalue weighted by molar-refractivity contribution is 0.485. The molecule has 0 aromatic heterocycles. The fraction of sp³-hybridized carbons (Fsp3) is 0.538. The summed E-state index contributed by atoms with van der Waals surface area (Å²) in [5.41, 5.74) is 6.98. The first kappa shape index (κ1) is 11.7. The monoisotopic (exact) mass is 238 g/mol. The van der Waals surface area contributed by atoms with Crippen LogP contribution in [-0.4, -0.2) is 19.6 Å². The molecule has 0 bridgehead atoms. The number of hydrogen-bond acceptors (Lipinski definition) is 2. The molecule has 1 atom stereocenters. The van der Waals surface area contributed by atoms with Gasteiger partial charge in [-0.2, -0.15) is 0 Å². The van der Waals surface area contributed by atoms with Gasteiger partial charge >= 0.3 is 0 Å². The zero-order chi connectivity index (χ0) is 11.4. The first-order chi connectivity index (χ1) is 7.79. The predicted octanol–water partition coefficient (Wildman–Crippen LogP) is 2.91. The Morgan fingerprint density at radius 2 is 2.19 bits per heavy atom. The smallest absolute Gasteiger partial charge is 0.0426 e. The minimum absolute atomic E-state index is 0.698. The van der Waals surface area contributed by atoms with Crippen molar-refractivity contribution < 1.29 is 0 Å². The van der Waals surface area contributed by atoms with Gasteiger partial charge in [-0.15, -0.1) is 0 Å². The molecule has 2 nitrogen and oxygen atoms in total. The van der Waals surface area contributed by atoms with Gasteiger partial charge in [0.05, 0.1) is 0 Å². The first-order valence-electron chi connectivity index (χ1n) is 6.00. The van der Waals surface area contributed by atoms with Gasteiger partial charge in [0, 0.05) is 23.8 Å². The molecule has 0 radical (unpaired) electrons. The van der Waals surface area contributed by atoms with Crippen molar-refractivity contribution in [3.8, 4) is 0 Å². The van der Waals surface area contributed by atoms with Crippen LogP contribution in [-0.2, 0) is 0 Å². The number of halogens is 1. The standard InChI is InChI=1S/C13H19ClN2/c14-12-4-1-5-13(9-12)16-7-2-3-11(10-15)6-8-16/h1,4-5,9,11H,2-3,6-8,10,15H2. The number of nitrogens with zero attached hydrogens (tertiary/aromatic N) is 1. The zero-order valence-corrected chi connectivity index (χ0v) is 10.3. The van der Waals surface area contributed by atoms with Crippen molar-refractivity contribution in [2.45, 2.75) is 19.3 Å². The maximum atomic E-state index is 6.01. The number of benzene rings is 1. The van der Waals surface area contributed by atoms with Gasteiger partial charge in [0.2, 0.25) is 0 Å². The topological polar surface area (TPSA) is 29.3 Å². The highest BCUT2D eigenvalue weighted by Crippen LogP contribution is 2.24. The van der Waals surface area contributed by atoms with Crippen LogP contribution in [0, 0.1) is 5.92 Å². The highest BCUT2D eigenvalue weighted by Gasteiger charge is 2.16. The Hall–Kier alpha value is -0.730. The van der Waals surface area contributed by atoms with Gasteiger partial charge in [0.1, 0.15) is 0 Å². The molecule has 1 aliphatic rings. The summed E-state index contributed by atoms with van der Waals surface area (Å²) < 4.78 is 0. The highest BCUT2D eigenvalue weighted by atomic mass is 35.5. The summed E-state index contributed by atoms with van der Waals surface area (Å²) in [4.78, 5) is 2.42. The minimum atomic E-state index is 0.698. The molecule has 16 heavy (non-hydrogen) atoms. The third-order valence-electron chi connectivity index (χ3n) is 3.35. The molecule has 0 spiro atoms. The number of anilines is 1. The summed E-state index contributed by atoms with van der Waals surface area (Å²) in [6.45, 7) is 3.04. The van der Waals surface area contributed by atoms with Crippen LogP contribution >= 0.6 is 11.6 Å². The van der Waals surface area contributed by atoms with Gasteiger partial charge in [-0.1, -0.05) is 17.7 Å². The van der Waals surface area contributed by atoms with Crippen molar-refractivity contribution in [3.05, 3.63) is 29.3 Å². The Bertz CT molecular complexity index is 340. The third-order valence-corrected chi connectivity index (χ3v) is 3.59. The molecule has 0 amide bonds. The Morgan fingerprint density at radius 1 is 1.31 bits per heavy atom. The quantitative estimate of drug-likeness (QED) is 0.859. The summed E-state index contributed by atoms with van der Waals surface area (Å²) in [5, 5.41) is 0.817. The third kappa shape index (κ3) is 2.89. The second-order valence-electron chi connectivity index (χ2n) is 4.50. The second-order valence-corrected chi connectivity index (χ2v) is 4.94. The fourth-order valence-electron chi connectivity index (χ4n) is 2.33. The highest BCUT2D eigenvalue weighted by molar-refractivity contribution is 6.30. The van der Waals surface area contributed by atoms with Crippen LogP contribution in [0.3, 0.4) is 0 Å².